The van der Waals surface area contributed by atoms with Gasteiger partial charge in [0, 0.05) is 14.5 Å². The molecule has 2 aromatic carbocycles. The SMILES string of the molecule is COc1ccc(Br)cc1/C=N/NC(=O)COc1c(Br)cc(Br)cc1Br. The largest absolute Gasteiger partial charge is 0.496 e. The van der Waals surface area contributed by atoms with Crippen LogP contribution in [0.15, 0.2) is 53.3 Å². The molecule has 0 heterocycles. The monoisotopic (exact) mass is 596 g/mol. The first kappa shape index (κ1) is 20.4. The molecule has 25 heavy (non-hydrogen) atoms. The van der Waals surface area contributed by atoms with Gasteiger partial charge in [-0.25, -0.2) is 5.43 Å². The van der Waals surface area contributed by atoms with E-state index in [1.165, 1.54) is 6.21 Å². The van der Waals surface area contributed by atoms with Crippen LogP contribution in [0.25, 0.3) is 0 Å². The molecule has 0 spiro atoms. The van der Waals surface area contributed by atoms with E-state index in [4.69, 9.17) is 9.47 Å². The Hall–Kier alpha value is -0.900. The lowest BCUT2D eigenvalue weighted by molar-refractivity contribution is -0.123. The van der Waals surface area contributed by atoms with Crippen LogP contribution >= 0.6 is 63.7 Å². The summed E-state index contributed by atoms with van der Waals surface area (Å²) in [5.41, 5.74) is 3.15. The fourth-order valence-electron chi connectivity index (χ4n) is 1.82. The average molecular weight is 600 g/mol. The zero-order chi connectivity index (χ0) is 18.4. The van der Waals surface area contributed by atoms with Crippen LogP contribution in [0.1, 0.15) is 5.56 Å². The summed E-state index contributed by atoms with van der Waals surface area (Å²) in [5.74, 6) is 0.808. The second-order valence-corrected chi connectivity index (χ2v) is 8.21. The van der Waals surface area contributed by atoms with E-state index in [2.05, 4.69) is 74.2 Å². The number of ether oxygens (including phenoxy) is 2. The number of nitrogens with zero attached hydrogens (tertiary/aromatic N) is 1. The summed E-state index contributed by atoms with van der Waals surface area (Å²) in [6, 6.07) is 9.15. The molecule has 9 heteroatoms. The number of benzene rings is 2. The lowest BCUT2D eigenvalue weighted by Crippen LogP contribution is -2.24. The number of hydrazone groups is 1. The van der Waals surface area contributed by atoms with Crippen molar-refractivity contribution in [1.29, 1.82) is 0 Å². The van der Waals surface area contributed by atoms with Crippen LogP contribution in [0, 0.1) is 0 Å². The predicted molar refractivity (Wildman–Crippen MR) is 111 cm³/mol. The Morgan fingerprint density at radius 1 is 1.12 bits per heavy atom. The lowest BCUT2D eigenvalue weighted by Gasteiger charge is -2.10. The zero-order valence-electron chi connectivity index (χ0n) is 12.9. The van der Waals surface area contributed by atoms with E-state index >= 15 is 0 Å². The number of methoxy groups -OCH3 is 1. The number of halogens is 4. The number of amides is 1. The summed E-state index contributed by atoms with van der Waals surface area (Å²) in [6.07, 6.45) is 1.51. The van der Waals surface area contributed by atoms with Gasteiger partial charge < -0.3 is 9.47 Å². The van der Waals surface area contributed by atoms with Crippen molar-refractivity contribution in [3.63, 3.8) is 0 Å². The first-order chi connectivity index (χ1) is 11.9. The molecule has 0 radical (unpaired) electrons. The molecule has 132 valence electrons. The van der Waals surface area contributed by atoms with Crippen LogP contribution < -0.4 is 14.9 Å². The summed E-state index contributed by atoms with van der Waals surface area (Å²) in [6.45, 7) is -0.175. The first-order valence-corrected chi connectivity index (χ1v) is 10.0. The van der Waals surface area contributed by atoms with Gasteiger partial charge in [0.1, 0.15) is 11.5 Å². The molecule has 0 aliphatic rings. The minimum Gasteiger partial charge on any atom is -0.496 e. The normalized spacial score (nSPS) is 10.8. The molecule has 0 unspecified atom stereocenters. The average Bonchev–Trinajstić information content (AvgIpc) is 2.54. The third-order valence-corrected chi connectivity index (χ3v) is 5.02. The van der Waals surface area contributed by atoms with Gasteiger partial charge in [-0.2, -0.15) is 5.10 Å². The molecule has 1 amide bonds. The number of rotatable bonds is 6. The van der Waals surface area contributed by atoms with E-state index in [-0.39, 0.29) is 12.5 Å². The topological polar surface area (TPSA) is 59.9 Å². The Kier molecular flexibility index (Phi) is 7.92. The third kappa shape index (κ3) is 6.09. The van der Waals surface area contributed by atoms with Gasteiger partial charge in [0.15, 0.2) is 6.61 Å². The highest BCUT2D eigenvalue weighted by Crippen LogP contribution is 2.36. The second-order valence-electron chi connectivity index (χ2n) is 4.67. The van der Waals surface area contributed by atoms with Gasteiger partial charge in [-0.1, -0.05) is 31.9 Å². The van der Waals surface area contributed by atoms with Crippen LogP contribution in [-0.4, -0.2) is 25.8 Å². The molecule has 0 saturated carbocycles. The summed E-state index contributed by atoms with van der Waals surface area (Å²) in [4.78, 5) is 11.9. The van der Waals surface area contributed by atoms with Gasteiger partial charge >= 0.3 is 0 Å². The Bertz CT molecular complexity index is 789. The minimum absolute atomic E-state index is 0.175. The van der Waals surface area contributed by atoms with Crippen LogP contribution in [0.4, 0.5) is 0 Å². The Labute approximate surface area is 178 Å². The zero-order valence-corrected chi connectivity index (χ0v) is 19.2. The van der Waals surface area contributed by atoms with Crippen LogP contribution in [0.2, 0.25) is 0 Å². The molecule has 0 aliphatic heterocycles. The van der Waals surface area contributed by atoms with Gasteiger partial charge in [-0.3, -0.25) is 4.79 Å². The number of hydrogen-bond donors (Lipinski definition) is 1. The van der Waals surface area contributed by atoms with Gasteiger partial charge in [0.25, 0.3) is 5.91 Å². The van der Waals surface area contributed by atoms with E-state index in [0.717, 1.165) is 23.5 Å². The maximum atomic E-state index is 11.9. The van der Waals surface area contributed by atoms with Crippen molar-refractivity contribution in [2.24, 2.45) is 5.10 Å². The van der Waals surface area contributed by atoms with Crippen LogP contribution in [-0.2, 0) is 4.79 Å². The fraction of sp³-hybridized carbons (Fsp3) is 0.125. The summed E-state index contributed by atoms with van der Waals surface area (Å²) >= 11 is 13.5. The molecule has 1 N–H and O–H groups in total. The van der Waals surface area contributed by atoms with E-state index in [9.17, 15) is 4.79 Å². The Morgan fingerprint density at radius 3 is 2.44 bits per heavy atom. The van der Waals surface area contributed by atoms with Crippen molar-refractivity contribution >= 4 is 75.8 Å². The summed E-state index contributed by atoms with van der Waals surface area (Å²) in [5, 5.41) is 3.93. The predicted octanol–water partition coefficient (Wildman–Crippen LogP) is 5.27. The number of carbonyl (C=O) groups excluding carboxylic acids is 1. The molecule has 0 bridgehead atoms. The van der Waals surface area contributed by atoms with Crippen molar-refractivity contribution < 1.29 is 14.3 Å². The highest BCUT2D eigenvalue weighted by molar-refractivity contribution is 9.11. The highest BCUT2D eigenvalue weighted by atomic mass is 79.9. The Morgan fingerprint density at radius 2 is 1.80 bits per heavy atom. The van der Waals surface area contributed by atoms with Crippen molar-refractivity contribution in [1.82, 2.24) is 5.43 Å². The van der Waals surface area contributed by atoms with Crippen LogP contribution in [0.3, 0.4) is 0 Å². The molecular formula is C16H12Br4N2O3. The van der Waals surface area contributed by atoms with Crippen molar-refractivity contribution in [2.45, 2.75) is 0 Å². The van der Waals surface area contributed by atoms with Gasteiger partial charge in [0.05, 0.1) is 22.3 Å². The van der Waals surface area contributed by atoms with Crippen molar-refractivity contribution in [2.75, 3.05) is 13.7 Å². The van der Waals surface area contributed by atoms with Gasteiger partial charge in [0.2, 0.25) is 0 Å². The molecule has 5 nitrogen and oxygen atoms in total. The van der Waals surface area contributed by atoms with E-state index < -0.39 is 0 Å². The lowest BCUT2D eigenvalue weighted by atomic mass is 10.2. The maximum absolute atomic E-state index is 11.9. The third-order valence-electron chi connectivity index (χ3n) is 2.90. The van der Waals surface area contributed by atoms with Crippen molar-refractivity contribution in [3.05, 3.63) is 53.8 Å². The summed E-state index contributed by atoms with van der Waals surface area (Å²) < 4.78 is 14.0. The first-order valence-electron chi connectivity index (χ1n) is 6.83. The maximum Gasteiger partial charge on any atom is 0.277 e. The minimum atomic E-state index is -0.382. The standard InChI is InChI=1S/C16H12Br4N2O3/c1-24-14-3-2-10(17)4-9(14)7-21-22-15(23)8-25-16-12(19)5-11(18)6-13(16)20/h2-7H,8H2,1H3,(H,22,23)/b21-7+. The van der Waals surface area contributed by atoms with Gasteiger partial charge in [-0.15, -0.1) is 0 Å². The quantitative estimate of drug-likeness (QED) is 0.364. The van der Waals surface area contributed by atoms with Crippen molar-refractivity contribution in [3.8, 4) is 11.5 Å². The molecule has 0 aliphatic carbocycles. The molecule has 0 fully saturated rings. The molecule has 2 rings (SSSR count). The number of carbonyl (C=O) groups is 1. The molecule has 0 aromatic heterocycles. The van der Waals surface area contributed by atoms with Crippen LogP contribution in [0.5, 0.6) is 11.5 Å². The van der Waals surface area contributed by atoms with Gasteiger partial charge in [-0.05, 0) is 62.2 Å². The van der Waals surface area contributed by atoms with E-state index in [1.54, 1.807) is 13.2 Å². The second kappa shape index (κ2) is 9.70. The number of nitrogens with one attached hydrogen (secondary N) is 1. The Balaban J connectivity index is 1.94. The summed E-state index contributed by atoms with van der Waals surface area (Å²) in [7, 11) is 1.57. The highest BCUT2D eigenvalue weighted by Gasteiger charge is 2.10. The van der Waals surface area contributed by atoms with E-state index in [0.29, 0.717) is 11.5 Å². The molecular weight excluding hydrogens is 588 g/mol. The molecule has 2 aromatic rings. The van der Waals surface area contributed by atoms with E-state index in [1.807, 2.05) is 24.3 Å². The number of hydrogen-bond acceptors (Lipinski definition) is 4. The molecule has 0 atom stereocenters. The molecule has 0 saturated heterocycles. The smallest absolute Gasteiger partial charge is 0.277 e. The fourth-order valence-corrected chi connectivity index (χ4v) is 4.68.